The Morgan fingerprint density at radius 2 is 2.00 bits per heavy atom. The van der Waals surface area contributed by atoms with Crippen LogP contribution in [-0.2, 0) is 4.79 Å². The molecule has 0 saturated heterocycles. The van der Waals surface area contributed by atoms with Crippen LogP contribution >= 0.6 is 0 Å². The van der Waals surface area contributed by atoms with Gasteiger partial charge in [-0.15, -0.1) is 0 Å². The van der Waals surface area contributed by atoms with Gasteiger partial charge in [0.2, 0.25) is 0 Å². The number of para-hydroxylation sites is 2. The predicted octanol–water partition coefficient (Wildman–Crippen LogP) is 3.15. The van der Waals surface area contributed by atoms with E-state index in [1.165, 1.54) is 0 Å². The molecule has 0 saturated carbocycles. The SMILES string of the molecule is C[C@H](Oc1ccc(C#N)cc1)C(=O)Nc1ccccc1-n1ccnc1. The Balaban J connectivity index is 1.71. The van der Waals surface area contributed by atoms with Crippen molar-refractivity contribution in [3.63, 3.8) is 0 Å². The molecule has 6 heteroatoms. The molecule has 25 heavy (non-hydrogen) atoms. The molecule has 3 aromatic rings. The molecule has 0 spiro atoms. The normalized spacial score (nSPS) is 11.4. The van der Waals surface area contributed by atoms with Crippen molar-refractivity contribution in [3.8, 4) is 17.5 Å². The number of imidazole rings is 1. The van der Waals surface area contributed by atoms with Crippen LogP contribution in [-0.4, -0.2) is 21.6 Å². The van der Waals surface area contributed by atoms with Gasteiger partial charge in [0.1, 0.15) is 5.75 Å². The van der Waals surface area contributed by atoms with E-state index >= 15 is 0 Å². The van der Waals surface area contributed by atoms with Crippen molar-refractivity contribution in [2.24, 2.45) is 0 Å². The molecule has 0 radical (unpaired) electrons. The van der Waals surface area contributed by atoms with E-state index in [-0.39, 0.29) is 5.91 Å². The third-order valence-electron chi connectivity index (χ3n) is 3.61. The van der Waals surface area contributed by atoms with Crippen LogP contribution in [0.5, 0.6) is 5.75 Å². The number of aromatic nitrogens is 2. The van der Waals surface area contributed by atoms with Crippen LogP contribution in [0.4, 0.5) is 5.69 Å². The smallest absolute Gasteiger partial charge is 0.265 e. The lowest BCUT2D eigenvalue weighted by atomic mass is 10.2. The molecular weight excluding hydrogens is 316 g/mol. The molecule has 1 amide bonds. The number of nitriles is 1. The number of anilines is 1. The molecular formula is C19H16N4O2. The Morgan fingerprint density at radius 1 is 1.24 bits per heavy atom. The van der Waals surface area contributed by atoms with E-state index in [9.17, 15) is 4.79 Å². The summed E-state index contributed by atoms with van der Waals surface area (Å²) in [7, 11) is 0. The van der Waals surface area contributed by atoms with E-state index in [0.29, 0.717) is 17.0 Å². The van der Waals surface area contributed by atoms with Crippen molar-refractivity contribution in [2.45, 2.75) is 13.0 Å². The van der Waals surface area contributed by atoms with Crippen LogP contribution in [0.1, 0.15) is 12.5 Å². The fourth-order valence-electron chi connectivity index (χ4n) is 2.31. The molecule has 0 unspecified atom stereocenters. The number of rotatable bonds is 5. The van der Waals surface area contributed by atoms with Gasteiger partial charge in [-0.2, -0.15) is 5.26 Å². The Bertz CT molecular complexity index is 896. The number of hydrogen-bond donors (Lipinski definition) is 1. The van der Waals surface area contributed by atoms with Gasteiger partial charge in [-0.25, -0.2) is 4.98 Å². The Labute approximate surface area is 145 Å². The molecule has 0 aliphatic carbocycles. The van der Waals surface area contributed by atoms with Gasteiger partial charge < -0.3 is 14.6 Å². The number of carbonyl (C=O) groups is 1. The number of hydrogen-bond acceptors (Lipinski definition) is 4. The number of nitrogens with one attached hydrogen (secondary N) is 1. The van der Waals surface area contributed by atoms with Crippen molar-refractivity contribution in [2.75, 3.05) is 5.32 Å². The zero-order valence-electron chi connectivity index (χ0n) is 13.6. The van der Waals surface area contributed by atoms with Crippen LogP contribution < -0.4 is 10.1 Å². The monoisotopic (exact) mass is 332 g/mol. The fourth-order valence-corrected chi connectivity index (χ4v) is 2.31. The Morgan fingerprint density at radius 3 is 2.68 bits per heavy atom. The second-order valence-corrected chi connectivity index (χ2v) is 5.37. The van der Waals surface area contributed by atoms with E-state index < -0.39 is 6.10 Å². The van der Waals surface area contributed by atoms with E-state index in [1.807, 2.05) is 41.1 Å². The molecule has 6 nitrogen and oxygen atoms in total. The summed E-state index contributed by atoms with van der Waals surface area (Å²) >= 11 is 0. The largest absolute Gasteiger partial charge is 0.481 e. The van der Waals surface area contributed by atoms with Gasteiger partial charge >= 0.3 is 0 Å². The maximum absolute atomic E-state index is 12.4. The average molecular weight is 332 g/mol. The summed E-state index contributed by atoms with van der Waals surface area (Å²) in [5.41, 5.74) is 2.03. The third-order valence-corrected chi connectivity index (χ3v) is 3.61. The highest BCUT2D eigenvalue weighted by molar-refractivity contribution is 5.95. The van der Waals surface area contributed by atoms with Gasteiger partial charge in [-0.3, -0.25) is 4.79 Å². The van der Waals surface area contributed by atoms with Crippen molar-refractivity contribution < 1.29 is 9.53 Å². The topological polar surface area (TPSA) is 79.9 Å². The van der Waals surface area contributed by atoms with Crippen LogP contribution in [0.15, 0.2) is 67.3 Å². The number of benzene rings is 2. The highest BCUT2D eigenvalue weighted by Crippen LogP contribution is 2.20. The number of ether oxygens (including phenoxy) is 1. The summed E-state index contributed by atoms with van der Waals surface area (Å²) in [6.07, 6.45) is 4.46. The summed E-state index contributed by atoms with van der Waals surface area (Å²) in [4.78, 5) is 16.5. The number of carbonyl (C=O) groups excluding carboxylic acids is 1. The lowest BCUT2D eigenvalue weighted by Gasteiger charge is -2.16. The second-order valence-electron chi connectivity index (χ2n) is 5.37. The molecule has 1 aromatic heterocycles. The average Bonchev–Trinajstić information content (AvgIpc) is 3.17. The van der Waals surface area contributed by atoms with Crippen molar-refractivity contribution in [1.29, 1.82) is 5.26 Å². The highest BCUT2D eigenvalue weighted by Gasteiger charge is 2.16. The van der Waals surface area contributed by atoms with Gasteiger partial charge in [-0.05, 0) is 43.3 Å². The summed E-state index contributed by atoms with van der Waals surface area (Å²) in [5.74, 6) is 0.265. The lowest BCUT2D eigenvalue weighted by molar-refractivity contribution is -0.122. The first kappa shape index (κ1) is 16.3. The minimum Gasteiger partial charge on any atom is -0.481 e. The van der Waals surface area contributed by atoms with Crippen LogP contribution in [0.3, 0.4) is 0 Å². The van der Waals surface area contributed by atoms with Crippen LogP contribution in [0.25, 0.3) is 5.69 Å². The molecule has 0 aliphatic rings. The number of nitrogens with zero attached hydrogens (tertiary/aromatic N) is 3. The third kappa shape index (κ3) is 3.85. The molecule has 2 aromatic carbocycles. The van der Waals surface area contributed by atoms with E-state index in [1.54, 1.807) is 43.7 Å². The summed E-state index contributed by atoms with van der Waals surface area (Å²) in [6.45, 7) is 1.67. The maximum atomic E-state index is 12.4. The van der Waals surface area contributed by atoms with Gasteiger partial charge in [0.05, 0.1) is 29.3 Å². The maximum Gasteiger partial charge on any atom is 0.265 e. The molecule has 124 valence electrons. The zero-order chi connectivity index (χ0) is 17.6. The number of amides is 1. The second kappa shape index (κ2) is 7.32. The molecule has 0 bridgehead atoms. The minimum atomic E-state index is -0.691. The molecule has 0 fully saturated rings. The van der Waals surface area contributed by atoms with Crippen molar-refractivity contribution >= 4 is 11.6 Å². The van der Waals surface area contributed by atoms with Gasteiger partial charge in [0.15, 0.2) is 6.10 Å². The Hall–Kier alpha value is -3.59. The van der Waals surface area contributed by atoms with Crippen LogP contribution in [0.2, 0.25) is 0 Å². The predicted molar refractivity (Wildman–Crippen MR) is 93.4 cm³/mol. The first-order valence-corrected chi connectivity index (χ1v) is 7.72. The van der Waals surface area contributed by atoms with E-state index in [0.717, 1.165) is 5.69 Å². The fraction of sp³-hybridized carbons (Fsp3) is 0.105. The first-order valence-electron chi connectivity index (χ1n) is 7.72. The van der Waals surface area contributed by atoms with Crippen molar-refractivity contribution in [1.82, 2.24) is 9.55 Å². The molecule has 1 heterocycles. The first-order chi connectivity index (χ1) is 12.2. The van der Waals surface area contributed by atoms with Gasteiger partial charge in [0.25, 0.3) is 5.91 Å². The highest BCUT2D eigenvalue weighted by atomic mass is 16.5. The molecule has 3 rings (SSSR count). The molecule has 1 N–H and O–H groups in total. The zero-order valence-corrected chi connectivity index (χ0v) is 13.6. The van der Waals surface area contributed by atoms with Crippen LogP contribution in [0, 0.1) is 11.3 Å². The van der Waals surface area contributed by atoms with Crippen molar-refractivity contribution in [3.05, 3.63) is 72.8 Å². The van der Waals surface area contributed by atoms with E-state index in [4.69, 9.17) is 10.00 Å². The quantitative estimate of drug-likeness (QED) is 0.778. The van der Waals surface area contributed by atoms with Gasteiger partial charge in [0, 0.05) is 12.4 Å². The lowest BCUT2D eigenvalue weighted by Crippen LogP contribution is -2.30. The minimum absolute atomic E-state index is 0.267. The summed E-state index contributed by atoms with van der Waals surface area (Å²) < 4.78 is 7.46. The molecule has 0 aliphatic heterocycles. The molecule has 1 atom stereocenters. The summed E-state index contributed by atoms with van der Waals surface area (Å²) in [6, 6.07) is 16.1. The summed E-state index contributed by atoms with van der Waals surface area (Å²) in [5, 5.41) is 11.7. The Kier molecular flexibility index (Phi) is 4.77. The van der Waals surface area contributed by atoms with Gasteiger partial charge in [-0.1, -0.05) is 12.1 Å². The standard InChI is InChI=1S/C19H16N4O2/c1-14(25-16-8-6-15(12-20)7-9-16)19(24)22-17-4-2-3-5-18(17)23-11-10-21-13-23/h2-11,13-14H,1H3,(H,22,24)/t14-/m0/s1. The van der Waals surface area contributed by atoms with E-state index in [2.05, 4.69) is 10.3 Å².